The van der Waals surface area contributed by atoms with Gasteiger partial charge in [-0.25, -0.2) is 0 Å². The molecule has 0 aliphatic heterocycles. The topological polar surface area (TPSA) is 37.8 Å². The molecular weight excluding hydrogens is 290 g/mol. The molecule has 1 aromatic heterocycles. The van der Waals surface area contributed by atoms with E-state index in [0.29, 0.717) is 5.02 Å². The maximum absolute atomic E-state index is 6.28. The predicted molar refractivity (Wildman–Crippen MR) is 85.7 cm³/mol. The molecule has 0 radical (unpaired) electrons. The number of anilines is 1. The molecule has 0 spiro atoms. The molecule has 3 aromatic rings. The first-order chi connectivity index (χ1) is 9.74. The van der Waals surface area contributed by atoms with Gasteiger partial charge < -0.3 is 5.32 Å². The van der Waals surface area contributed by atoms with E-state index in [1.807, 2.05) is 18.2 Å². The van der Waals surface area contributed by atoms with Crippen LogP contribution in [-0.4, -0.2) is 14.8 Å². The van der Waals surface area contributed by atoms with Gasteiger partial charge in [0, 0.05) is 6.04 Å². The molecule has 5 heteroatoms. The lowest BCUT2D eigenvalue weighted by Crippen LogP contribution is -2.18. The number of fused-ring (bicyclic) bond motifs is 1. The molecule has 0 aliphatic carbocycles. The van der Waals surface area contributed by atoms with Gasteiger partial charge >= 0.3 is 0 Å². The Hall–Kier alpha value is -1.65. The van der Waals surface area contributed by atoms with Crippen LogP contribution in [0.3, 0.4) is 0 Å². The van der Waals surface area contributed by atoms with Crippen molar-refractivity contribution < 1.29 is 0 Å². The van der Waals surface area contributed by atoms with Gasteiger partial charge in [-0.1, -0.05) is 41.9 Å². The number of hydrogen-bond donors (Lipinski definition) is 1. The molecule has 1 unspecified atom stereocenters. The van der Waals surface area contributed by atoms with Gasteiger partial charge in [0.25, 0.3) is 0 Å². The third-order valence-corrected chi connectivity index (χ3v) is 4.01. The third kappa shape index (κ3) is 2.76. The molecule has 0 aliphatic rings. The quantitative estimate of drug-likeness (QED) is 0.777. The van der Waals surface area contributed by atoms with Crippen molar-refractivity contribution in [2.75, 3.05) is 5.32 Å². The highest BCUT2D eigenvalue weighted by molar-refractivity contribution is 7.00. The fourth-order valence-electron chi connectivity index (χ4n) is 2.23. The zero-order valence-electron chi connectivity index (χ0n) is 11.0. The Bertz CT molecular complexity index is 711. The van der Waals surface area contributed by atoms with Crippen LogP contribution < -0.4 is 5.32 Å². The summed E-state index contributed by atoms with van der Waals surface area (Å²) in [5.41, 5.74) is 3.91. The zero-order chi connectivity index (χ0) is 13.9. The molecular formula is C15H14ClN3S. The van der Waals surface area contributed by atoms with Crippen molar-refractivity contribution in [1.82, 2.24) is 8.75 Å². The van der Waals surface area contributed by atoms with E-state index in [0.717, 1.165) is 23.1 Å². The Morgan fingerprint density at radius 1 is 1.15 bits per heavy atom. The summed E-state index contributed by atoms with van der Waals surface area (Å²) in [6.45, 7) is 2.14. The number of nitrogens with zero attached hydrogens (tertiary/aromatic N) is 2. The first-order valence-electron chi connectivity index (χ1n) is 6.45. The van der Waals surface area contributed by atoms with Gasteiger partial charge in [-0.2, -0.15) is 8.75 Å². The molecule has 1 N–H and O–H groups in total. The Morgan fingerprint density at radius 3 is 2.75 bits per heavy atom. The summed E-state index contributed by atoms with van der Waals surface area (Å²) in [5, 5.41) is 4.15. The van der Waals surface area contributed by atoms with Crippen LogP contribution in [0.2, 0.25) is 5.02 Å². The van der Waals surface area contributed by atoms with Gasteiger partial charge in [-0.3, -0.25) is 0 Å². The van der Waals surface area contributed by atoms with Gasteiger partial charge in [-0.15, -0.1) is 0 Å². The van der Waals surface area contributed by atoms with Crippen LogP contribution in [0.4, 0.5) is 5.69 Å². The van der Waals surface area contributed by atoms with Gasteiger partial charge in [0.15, 0.2) is 0 Å². The summed E-state index contributed by atoms with van der Waals surface area (Å²) < 4.78 is 8.57. The summed E-state index contributed by atoms with van der Waals surface area (Å²) in [7, 11) is 0. The van der Waals surface area contributed by atoms with Crippen LogP contribution in [0.1, 0.15) is 12.5 Å². The van der Waals surface area contributed by atoms with E-state index in [-0.39, 0.29) is 6.04 Å². The summed E-state index contributed by atoms with van der Waals surface area (Å²) >= 11 is 7.49. The Morgan fingerprint density at radius 2 is 1.95 bits per heavy atom. The van der Waals surface area contributed by atoms with Crippen molar-refractivity contribution in [3.63, 3.8) is 0 Å². The fraction of sp³-hybridized carbons (Fsp3) is 0.200. The smallest absolute Gasteiger partial charge is 0.129 e. The summed E-state index contributed by atoms with van der Waals surface area (Å²) in [6, 6.07) is 14.4. The van der Waals surface area contributed by atoms with E-state index in [4.69, 9.17) is 11.6 Å². The van der Waals surface area contributed by atoms with Crippen molar-refractivity contribution in [2.45, 2.75) is 19.4 Å². The van der Waals surface area contributed by atoms with Crippen LogP contribution in [-0.2, 0) is 6.42 Å². The van der Waals surface area contributed by atoms with Gasteiger partial charge in [-0.05, 0) is 31.0 Å². The monoisotopic (exact) mass is 303 g/mol. The molecule has 0 fully saturated rings. The number of rotatable bonds is 4. The standard InChI is InChI=1S/C15H14ClN3S/c1-10(9-11-5-3-2-4-6-11)17-14-12(16)7-8-13-15(14)19-20-18-13/h2-8,10,17H,9H2,1H3. The fourth-order valence-corrected chi connectivity index (χ4v) is 2.98. The molecule has 1 heterocycles. The second kappa shape index (κ2) is 5.77. The SMILES string of the molecule is CC(Cc1ccccc1)Nc1c(Cl)ccc2nsnc12. The molecule has 1 atom stereocenters. The van der Waals surface area contributed by atoms with Crippen LogP contribution in [0.15, 0.2) is 42.5 Å². The van der Waals surface area contributed by atoms with Gasteiger partial charge in [0.05, 0.1) is 22.4 Å². The van der Waals surface area contributed by atoms with Gasteiger partial charge in [0.1, 0.15) is 11.0 Å². The highest BCUT2D eigenvalue weighted by Gasteiger charge is 2.12. The Balaban J connectivity index is 1.82. The third-order valence-electron chi connectivity index (χ3n) is 3.15. The van der Waals surface area contributed by atoms with E-state index >= 15 is 0 Å². The average Bonchev–Trinajstić information content (AvgIpc) is 2.92. The molecule has 20 heavy (non-hydrogen) atoms. The highest BCUT2D eigenvalue weighted by Crippen LogP contribution is 2.30. The van der Waals surface area contributed by atoms with Crippen molar-refractivity contribution in [1.29, 1.82) is 0 Å². The zero-order valence-corrected chi connectivity index (χ0v) is 12.6. The molecule has 2 aromatic carbocycles. The first-order valence-corrected chi connectivity index (χ1v) is 7.56. The number of benzene rings is 2. The van der Waals surface area contributed by atoms with Crippen LogP contribution in [0.25, 0.3) is 11.0 Å². The predicted octanol–water partition coefficient (Wildman–Crippen LogP) is 4.39. The van der Waals surface area contributed by atoms with E-state index in [2.05, 4.69) is 45.3 Å². The molecule has 0 saturated heterocycles. The van der Waals surface area contributed by atoms with Crippen LogP contribution in [0.5, 0.6) is 0 Å². The normalized spacial score (nSPS) is 12.5. The molecule has 102 valence electrons. The lowest BCUT2D eigenvalue weighted by atomic mass is 10.1. The lowest BCUT2D eigenvalue weighted by Gasteiger charge is -2.16. The first kappa shape index (κ1) is 13.3. The van der Waals surface area contributed by atoms with Crippen LogP contribution in [0, 0.1) is 0 Å². The number of halogens is 1. The van der Waals surface area contributed by atoms with Crippen molar-refractivity contribution in [3.05, 3.63) is 53.1 Å². The summed E-state index contributed by atoms with van der Waals surface area (Å²) in [5.74, 6) is 0. The minimum absolute atomic E-state index is 0.266. The summed E-state index contributed by atoms with van der Waals surface area (Å²) in [4.78, 5) is 0. The Kier molecular flexibility index (Phi) is 3.85. The van der Waals surface area contributed by atoms with Gasteiger partial charge in [0.2, 0.25) is 0 Å². The minimum Gasteiger partial charge on any atom is -0.379 e. The largest absolute Gasteiger partial charge is 0.379 e. The van der Waals surface area contributed by atoms with Crippen molar-refractivity contribution in [2.24, 2.45) is 0 Å². The number of hydrogen-bond acceptors (Lipinski definition) is 4. The second-order valence-corrected chi connectivity index (χ2v) is 5.73. The molecule has 0 saturated carbocycles. The maximum Gasteiger partial charge on any atom is 0.129 e. The van der Waals surface area contributed by atoms with Crippen molar-refractivity contribution >= 4 is 40.0 Å². The molecule has 3 nitrogen and oxygen atoms in total. The van der Waals surface area contributed by atoms with E-state index in [1.54, 1.807) is 0 Å². The molecule has 0 bridgehead atoms. The molecule has 0 amide bonds. The maximum atomic E-state index is 6.28. The van der Waals surface area contributed by atoms with E-state index in [9.17, 15) is 0 Å². The number of aromatic nitrogens is 2. The Labute approximate surface area is 126 Å². The van der Waals surface area contributed by atoms with Crippen molar-refractivity contribution in [3.8, 4) is 0 Å². The average molecular weight is 304 g/mol. The second-order valence-electron chi connectivity index (χ2n) is 4.79. The lowest BCUT2D eigenvalue weighted by molar-refractivity contribution is 0.791. The minimum atomic E-state index is 0.266. The van der Waals surface area contributed by atoms with E-state index in [1.165, 1.54) is 17.3 Å². The van der Waals surface area contributed by atoms with E-state index < -0.39 is 0 Å². The summed E-state index contributed by atoms with van der Waals surface area (Å²) in [6.07, 6.45) is 0.936. The highest BCUT2D eigenvalue weighted by atomic mass is 35.5. The van der Waals surface area contributed by atoms with Crippen LogP contribution >= 0.6 is 23.3 Å². The number of nitrogens with one attached hydrogen (secondary N) is 1. The molecule has 3 rings (SSSR count).